The Morgan fingerprint density at radius 2 is 1.67 bits per heavy atom. The summed E-state index contributed by atoms with van der Waals surface area (Å²) in [5.74, 6) is -0.306. The standard InChI is InChI=1S/C17H12F2OS/c18-12-5-6-15(19)11(9-12)10-21-17-8-7-16(20)13-3-1-2-4-14(13)17/h1-9,20H,10H2. The fourth-order valence-electron chi connectivity index (χ4n) is 2.19. The molecule has 0 spiro atoms. The fraction of sp³-hybridized carbons (Fsp3) is 0.0588. The number of halogens is 2. The van der Waals surface area contributed by atoms with E-state index in [2.05, 4.69) is 0 Å². The van der Waals surface area contributed by atoms with Crippen LogP contribution in [0.4, 0.5) is 8.78 Å². The summed E-state index contributed by atoms with van der Waals surface area (Å²) in [6.45, 7) is 0. The van der Waals surface area contributed by atoms with Gasteiger partial charge < -0.3 is 5.11 Å². The molecular weight excluding hydrogens is 290 g/mol. The van der Waals surface area contributed by atoms with Crippen molar-refractivity contribution in [2.24, 2.45) is 0 Å². The number of thioether (sulfide) groups is 1. The zero-order valence-electron chi connectivity index (χ0n) is 11.0. The molecule has 0 aliphatic heterocycles. The molecule has 0 heterocycles. The highest BCUT2D eigenvalue weighted by atomic mass is 32.2. The lowest BCUT2D eigenvalue weighted by Crippen LogP contribution is -1.89. The highest BCUT2D eigenvalue weighted by Crippen LogP contribution is 2.35. The summed E-state index contributed by atoms with van der Waals surface area (Å²) in [6.07, 6.45) is 0. The van der Waals surface area contributed by atoms with Crippen molar-refractivity contribution in [1.82, 2.24) is 0 Å². The van der Waals surface area contributed by atoms with Crippen LogP contribution in [0, 0.1) is 11.6 Å². The maximum absolute atomic E-state index is 13.6. The molecule has 1 N–H and O–H groups in total. The minimum absolute atomic E-state index is 0.215. The van der Waals surface area contributed by atoms with E-state index in [9.17, 15) is 13.9 Å². The Morgan fingerprint density at radius 3 is 2.48 bits per heavy atom. The van der Waals surface area contributed by atoms with Gasteiger partial charge in [0.2, 0.25) is 0 Å². The normalized spacial score (nSPS) is 11.0. The molecule has 106 valence electrons. The topological polar surface area (TPSA) is 20.2 Å². The van der Waals surface area contributed by atoms with Crippen molar-refractivity contribution in [1.29, 1.82) is 0 Å². The first kappa shape index (κ1) is 13.9. The van der Waals surface area contributed by atoms with Crippen LogP contribution in [-0.4, -0.2) is 5.11 Å². The van der Waals surface area contributed by atoms with Crippen molar-refractivity contribution in [3.05, 3.63) is 71.8 Å². The summed E-state index contributed by atoms with van der Waals surface area (Å²) in [4.78, 5) is 0.923. The second-order valence-electron chi connectivity index (χ2n) is 4.65. The Kier molecular flexibility index (Phi) is 3.80. The minimum atomic E-state index is -0.442. The number of fused-ring (bicyclic) bond motifs is 1. The van der Waals surface area contributed by atoms with Crippen LogP contribution in [0.15, 0.2) is 59.5 Å². The molecule has 0 saturated carbocycles. The van der Waals surface area contributed by atoms with Crippen LogP contribution in [-0.2, 0) is 5.75 Å². The molecule has 4 heteroatoms. The van der Waals surface area contributed by atoms with E-state index in [1.807, 2.05) is 24.3 Å². The Hall–Kier alpha value is -2.07. The third-order valence-electron chi connectivity index (χ3n) is 3.25. The molecular formula is C17H12F2OS. The zero-order chi connectivity index (χ0) is 14.8. The molecule has 0 aliphatic carbocycles. The Labute approximate surface area is 125 Å². The Morgan fingerprint density at radius 1 is 0.905 bits per heavy atom. The number of hydrogen-bond acceptors (Lipinski definition) is 2. The van der Waals surface area contributed by atoms with E-state index in [0.717, 1.165) is 27.8 Å². The molecule has 0 fully saturated rings. The third kappa shape index (κ3) is 2.85. The summed E-state index contributed by atoms with van der Waals surface area (Å²) in [5.41, 5.74) is 0.331. The molecule has 0 aliphatic rings. The van der Waals surface area contributed by atoms with Crippen LogP contribution in [0.2, 0.25) is 0 Å². The average molecular weight is 302 g/mol. The van der Waals surface area contributed by atoms with Gasteiger partial charge in [0.25, 0.3) is 0 Å². The summed E-state index contributed by atoms with van der Waals surface area (Å²) in [6, 6.07) is 14.3. The average Bonchev–Trinajstić information content (AvgIpc) is 2.50. The maximum atomic E-state index is 13.6. The molecule has 0 unspecified atom stereocenters. The van der Waals surface area contributed by atoms with Gasteiger partial charge in [-0.25, -0.2) is 8.78 Å². The second kappa shape index (κ2) is 5.74. The van der Waals surface area contributed by atoms with Crippen LogP contribution in [0.25, 0.3) is 10.8 Å². The molecule has 0 radical (unpaired) electrons. The number of benzene rings is 3. The highest BCUT2D eigenvalue weighted by molar-refractivity contribution is 7.98. The van der Waals surface area contributed by atoms with E-state index in [0.29, 0.717) is 11.3 Å². The summed E-state index contributed by atoms with van der Waals surface area (Å²) in [5, 5.41) is 11.5. The van der Waals surface area contributed by atoms with Gasteiger partial charge in [-0.3, -0.25) is 0 Å². The number of hydrogen-bond donors (Lipinski definition) is 1. The highest BCUT2D eigenvalue weighted by Gasteiger charge is 2.08. The van der Waals surface area contributed by atoms with Crippen molar-refractivity contribution >= 4 is 22.5 Å². The lowest BCUT2D eigenvalue weighted by Gasteiger charge is -2.08. The van der Waals surface area contributed by atoms with E-state index in [-0.39, 0.29) is 5.75 Å². The largest absolute Gasteiger partial charge is 0.507 e. The molecule has 21 heavy (non-hydrogen) atoms. The Balaban J connectivity index is 1.92. The van der Waals surface area contributed by atoms with Crippen molar-refractivity contribution in [3.63, 3.8) is 0 Å². The number of phenolic OH excluding ortho intramolecular Hbond substituents is 1. The van der Waals surface area contributed by atoms with Gasteiger partial charge in [0, 0.05) is 21.6 Å². The fourth-order valence-corrected chi connectivity index (χ4v) is 3.22. The van der Waals surface area contributed by atoms with Gasteiger partial charge in [0.05, 0.1) is 0 Å². The number of aromatic hydroxyl groups is 1. The summed E-state index contributed by atoms with van der Waals surface area (Å²) >= 11 is 1.42. The first-order valence-corrected chi connectivity index (χ1v) is 7.41. The molecule has 0 saturated heterocycles. The molecule has 3 aromatic rings. The van der Waals surface area contributed by atoms with E-state index < -0.39 is 11.6 Å². The third-order valence-corrected chi connectivity index (χ3v) is 4.37. The molecule has 3 aromatic carbocycles. The van der Waals surface area contributed by atoms with Crippen molar-refractivity contribution in [3.8, 4) is 5.75 Å². The molecule has 0 amide bonds. The lowest BCUT2D eigenvalue weighted by atomic mass is 10.1. The minimum Gasteiger partial charge on any atom is -0.507 e. The van der Waals surface area contributed by atoms with Crippen LogP contribution in [0.5, 0.6) is 5.75 Å². The van der Waals surface area contributed by atoms with Gasteiger partial charge in [-0.1, -0.05) is 24.3 Å². The Bertz CT molecular complexity index is 802. The lowest BCUT2D eigenvalue weighted by molar-refractivity contribution is 0.481. The zero-order valence-corrected chi connectivity index (χ0v) is 11.8. The molecule has 0 bridgehead atoms. The molecule has 3 rings (SSSR count). The summed E-state index contributed by atoms with van der Waals surface area (Å²) < 4.78 is 26.8. The predicted molar refractivity (Wildman–Crippen MR) is 81.5 cm³/mol. The van der Waals surface area contributed by atoms with Gasteiger partial charge in [-0.2, -0.15) is 0 Å². The van der Waals surface area contributed by atoms with Gasteiger partial charge in [0.1, 0.15) is 17.4 Å². The summed E-state index contributed by atoms with van der Waals surface area (Å²) in [7, 11) is 0. The monoisotopic (exact) mass is 302 g/mol. The van der Waals surface area contributed by atoms with Crippen LogP contribution in [0.1, 0.15) is 5.56 Å². The number of phenols is 1. The van der Waals surface area contributed by atoms with E-state index in [4.69, 9.17) is 0 Å². The van der Waals surface area contributed by atoms with Gasteiger partial charge in [0.15, 0.2) is 0 Å². The molecule has 1 nitrogen and oxygen atoms in total. The second-order valence-corrected chi connectivity index (χ2v) is 5.67. The smallest absolute Gasteiger partial charge is 0.127 e. The van der Waals surface area contributed by atoms with Gasteiger partial charge in [-0.05, 0) is 35.7 Å². The van der Waals surface area contributed by atoms with Crippen LogP contribution in [0.3, 0.4) is 0 Å². The van der Waals surface area contributed by atoms with Crippen LogP contribution < -0.4 is 0 Å². The van der Waals surface area contributed by atoms with Crippen molar-refractivity contribution in [2.45, 2.75) is 10.6 Å². The first-order chi connectivity index (χ1) is 10.1. The molecule has 0 aromatic heterocycles. The SMILES string of the molecule is Oc1ccc(SCc2cc(F)ccc2F)c2ccccc12. The predicted octanol–water partition coefficient (Wildman–Crippen LogP) is 5.12. The molecule has 0 atom stereocenters. The van der Waals surface area contributed by atoms with Crippen molar-refractivity contribution in [2.75, 3.05) is 0 Å². The van der Waals surface area contributed by atoms with Gasteiger partial charge in [-0.15, -0.1) is 11.8 Å². The van der Waals surface area contributed by atoms with E-state index >= 15 is 0 Å². The quantitative estimate of drug-likeness (QED) is 0.678. The van der Waals surface area contributed by atoms with E-state index in [1.54, 1.807) is 12.1 Å². The number of rotatable bonds is 3. The van der Waals surface area contributed by atoms with Gasteiger partial charge >= 0.3 is 0 Å². The first-order valence-electron chi connectivity index (χ1n) is 6.42. The van der Waals surface area contributed by atoms with E-state index in [1.165, 1.54) is 17.8 Å². The maximum Gasteiger partial charge on any atom is 0.127 e. The van der Waals surface area contributed by atoms with Crippen LogP contribution >= 0.6 is 11.8 Å². The van der Waals surface area contributed by atoms with Crippen molar-refractivity contribution < 1.29 is 13.9 Å².